The Kier molecular flexibility index (Phi) is 3.95. The minimum atomic E-state index is -0.807. The van der Waals surface area contributed by atoms with Crippen LogP contribution in [0.3, 0.4) is 0 Å². The van der Waals surface area contributed by atoms with E-state index in [4.69, 9.17) is 34.8 Å². The monoisotopic (exact) mass is 286 g/mol. The van der Waals surface area contributed by atoms with Crippen LogP contribution in [0, 0.1) is 0 Å². The summed E-state index contributed by atoms with van der Waals surface area (Å²) in [4.78, 5) is 0. The molecule has 0 saturated heterocycles. The molecule has 0 aromatic heterocycles. The fraction of sp³-hybridized carbons (Fsp3) is 0.0769. The first-order chi connectivity index (χ1) is 8.08. The van der Waals surface area contributed by atoms with E-state index in [1.54, 1.807) is 42.5 Å². The molecule has 1 nitrogen and oxygen atoms in total. The SMILES string of the molecule is OC(c1cccc(Cl)c1)c1ccc(Cl)cc1Cl. The van der Waals surface area contributed by atoms with Crippen LogP contribution in [0.2, 0.25) is 15.1 Å². The number of aliphatic hydroxyl groups is 1. The number of benzene rings is 2. The Balaban J connectivity index is 2.40. The van der Waals surface area contributed by atoms with Crippen molar-refractivity contribution < 1.29 is 5.11 Å². The second-order valence-electron chi connectivity index (χ2n) is 3.62. The molecule has 1 atom stereocenters. The highest BCUT2D eigenvalue weighted by Crippen LogP contribution is 2.31. The van der Waals surface area contributed by atoms with Gasteiger partial charge in [-0.25, -0.2) is 0 Å². The summed E-state index contributed by atoms with van der Waals surface area (Å²) in [6.07, 6.45) is -0.807. The standard InChI is InChI=1S/C13H9Cl3O/c14-9-3-1-2-8(6-9)13(17)11-5-4-10(15)7-12(11)16/h1-7,13,17H. The molecule has 0 fully saturated rings. The zero-order valence-electron chi connectivity index (χ0n) is 8.70. The maximum absolute atomic E-state index is 10.2. The van der Waals surface area contributed by atoms with Gasteiger partial charge in [-0.2, -0.15) is 0 Å². The molecule has 0 bridgehead atoms. The average Bonchev–Trinajstić information content (AvgIpc) is 2.28. The number of hydrogen-bond donors (Lipinski definition) is 1. The number of halogens is 3. The highest BCUT2D eigenvalue weighted by Gasteiger charge is 2.14. The van der Waals surface area contributed by atoms with Crippen molar-refractivity contribution >= 4 is 34.8 Å². The quantitative estimate of drug-likeness (QED) is 0.846. The molecule has 0 heterocycles. The molecule has 88 valence electrons. The molecule has 0 saturated carbocycles. The molecule has 0 spiro atoms. The van der Waals surface area contributed by atoms with E-state index in [2.05, 4.69) is 0 Å². The van der Waals surface area contributed by atoms with Gasteiger partial charge in [0.25, 0.3) is 0 Å². The first-order valence-electron chi connectivity index (χ1n) is 4.96. The maximum Gasteiger partial charge on any atom is 0.106 e. The third-order valence-corrected chi connectivity index (χ3v) is 3.22. The van der Waals surface area contributed by atoms with Crippen LogP contribution < -0.4 is 0 Å². The Morgan fingerprint density at radius 3 is 2.24 bits per heavy atom. The second kappa shape index (κ2) is 5.28. The van der Waals surface area contributed by atoms with Crippen molar-refractivity contribution in [2.24, 2.45) is 0 Å². The topological polar surface area (TPSA) is 20.2 Å². The fourth-order valence-corrected chi connectivity index (χ4v) is 2.29. The van der Waals surface area contributed by atoms with E-state index >= 15 is 0 Å². The predicted octanol–water partition coefficient (Wildman–Crippen LogP) is 4.73. The highest BCUT2D eigenvalue weighted by molar-refractivity contribution is 6.35. The molecular formula is C13H9Cl3O. The van der Waals surface area contributed by atoms with Crippen molar-refractivity contribution in [1.82, 2.24) is 0 Å². The van der Waals surface area contributed by atoms with Crippen LogP contribution in [0.25, 0.3) is 0 Å². The summed E-state index contributed by atoms with van der Waals surface area (Å²) in [6, 6.07) is 12.0. The van der Waals surface area contributed by atoms with E-state index in [9.17, 15) is 5.11 Å². The molecule has 2 rings (SSSR count). The Bertz CT molecular complexity index is 540. The smallest absolute Gasteiger partial charge is 0.106 e. The van der Waals surface area contributed by atoms with Gasteiger partial charge >= 0.3 is 0 Å². The Morgan fingerprint density at radius 2 is 1.59 bits per heavy atom. The summed E-state index contributed by atoms with van der Waals surface area (Å²) in [5.74, 6) is 0. The van der Waals surface area contributed by atoms with Crippen molar-refractivity contribution in [3.63, 3.8) is 0 Å². The van der Waals surface area contributed by atoms with Crippen LogP contribution in [-0.2, 0) is 0 Å². The molecule has 0 aliphatic rings. The van der Waals surface area contributed by atoms with Gasteiger partial charge in [0, 0.05) is 20.6 Å². The lowest BCUT2D eigenvalue weighted by atomic mass is 10.0. The third kappa shape index (κ3) is 2.93. The number of aliphatic hydroxyl groups excluding tert-OH is 1. The lowest BCUT2D eigenvalue weighted by molar-refractivity contribution is 0.220. The number of rotatable bonds is 2. The molecule has 0 amide bonds. The van der Waals surface area contributed by atoms with Gasteiger partial charge < -0.3 is 5.11 Å². The first kappa shape index (κ1) is 12.7. The molecular weight excluding hydrogens is 279 g/mol. The first-order valence-corrected chi connectivity index (χ1v) is 6.10. The van der Waals surface area contributed by atoms with Gasteiger partial charge in [-0.05, 0) is 29.8 Å². The van der Waals surface area contributed by atoms with E-state index in [0.29, 0.717) is 26.2 Å². The predicted molar refractivity (Wildman–Crippen MR) is 72.0 cm³/mol. The van der Waals surface area contributed by atoms with Gasteiger partial charge in [0.1, 0.15) is 6.10 Å². The molecule has 2 aromatic carbocycles. The van der Waals surface area contributed by atoms with Gasteiger partial charge in [0.15, 0.2) is 0 Å². The van der Waals surface area contributed by atoms with Crippen molar-refractivity contribution in [1.29, 1.82) is 0 Å². The normalized spacial score (nSPS) is 12.5. The second-order valence-corrected chi connectivity index (χ2v) is 4.90. The van der Waals surface area contributed by atoms with Crippen LogP contribution in [-0.4, -0.2) is 5.11 Å². The van der Waals surface area contributed by atoms with Crippen LogP contribution in [0.4, 0.5) is 0 Å². The van der Waals surface area contributed by atoms with E-state index < -0.39 is 6.10 Å². The molecule has 17 heavy (non-hydrogen) atoms. The van der Waals surface area contributed by atoms with Crippen LogP contribution in [0.1, 0.15) is 17.2 Å². The lowest BCUT2D eigenvalue weighted by Crippen LogP contribution is -2.00. The van der Waals surface area contributed by atoms with Gasteiger partial charge in [0.05, 0.1) is 0 Å². The van der Waals surface area contributed by atoms with E-state index in [-0.39, 0.29) is 0 Å². The van der Waals surface area contributed by atoms with E-state index in [0.717, 1.165) is 0 Å². The summed E-state index contributed by atoms with van der Waals surface area (Å²) >= 11 is 17.7. The maximum atomic E-state index is 10.2. The summed E-state index contributed by atoms with van der Waals surface area (Å²) in [5.41, 5.74) is 1.31. The molecule has 1 unspecified atom stereocenters. The van der Waals surface area contributed by atoms with Crippen molar-refractivity contribution in [3.05, 3.63) is 68.7 Å². The van der Waals surface area contributed by atoms with Gasteiger partial charge in [-0.3, -0.25) is 0 Å². The molecule has 0 aliphatic heterocycles. The largest absolute Gasteiger partial charge is 0.384 e. The van der Waals surface area contributed by atoms with Crippen molar-refractivity contribution in [2.45, 2.75) is 6.10 Å². The molecule has 0 aliphatic carbocycles. The van der Waals surface area contributed by atoms with Gasteiger partial charge in [-0.15, -0.1) is 0 Å². The van der Waals surface area contributed by atoms with E-state index in [1.165, 1.54) is 0 Å². The summed E-state index contributed by atoms with van der Waals surface area (Å²) in [6.45, 7) is 0. The van der Waals surface area contributed by atoms with E-state index in [1.807, 2.05) is 0 Å². The third-order valence-electron chi connectivity index (χ3n) is 2.42. The van der Waals surface area contributed by atoms with Crippen molar-refractivity contribution in [2.75, 3.05) is 0 Å². The van der Waals surface area contributed by atoms with Crippen molar-refractivity contribution in [3.8, 4) is 0 Å². The average molecular weight is 288 g/mol. The molecule has 0 radical (unpaired) electrons. The van der Waals surface area contributed by atoms with Crippen LogP contribution in [0.5, 0.6) is 0 Å². The highest BCUT2D eigenvalue weighted by atomic mass is 35.5. The Labute approximate surface area is 115 Å². The summed E-state index contributed by atoms with van der Waals surface area (Å²) < 4.78 is 0. The van der Waals surface area contributed by atoms with Gasteiger partial charge in [-0.1, -0.05) is 53.0 Å². The number of hydrogen-bond acceptors (Lipinski definition) is 1. The lowest BCUT2D eigenvalue weighted by Gasteiger charge is -2.13. The zero-order chi connectivity index (χ0) is 12.4. The van der Waals surface area contributed by atoms with Crippen LogP contribution in [0.15, 0.2) is 42.5 Å². The molecule has 4 heteroatoms. The van der Waals surface area contributed by atoms with Gasteiger partial charge in [0.2, 0.25) is 0 Å². The van der Waals surface area contributed by atoms with Crippen LogP contribution >= 0.6 is 34.8 Å². The summed E-state index contributed by atoms with van der Waals surface area (Å²) in [7, 11) is 0. The zero-order valence-corrected chi connectivity index (χ0v) is 11.0. The Morgan fingerprint density at radius 1 is 0.882 bits per heavy atom. The Hall–Kier alpha value is -0.730. The fourth-order valence-electron chi connectivity index (χ4n) is 1.58. The molecule has 2 aromatic rings. The minimum Gasteiger partial charge on any atom is -0.384 e. The summed E-state index contributed by atoms with van der Waals surface area (Å²) in [5, 5.41) is 11.8. The minimum absolute atomic E-state index is 0.435. The molecule has 1 N–H and O–H groups in total.